The summed E-state index contributed by atoms with van der Waals surface area (Å²) in [5.41, 5.74) is 1.01. The molecule has 0 aliphatic rings. The molecule has 0 aliphatic carbocycles. The second-order valence-corrected chi connectivity index (χ2v) is 3.82. The lowest BCUT2D eigenvalue weighted by Gasteiger charge is -2.08. The second kappa shape index (κ2) is 5.51. The zero-order valence-corrected chi connectivity index (χ0v) is 10.4. The molecule has 91 valence electrons. The molecule has 0 unspecified atom stereocenters. The number of carbonyl (C=O) groups excluding carboxylic acids is 1. The van der Waals surface area contributed by atoms with E-state index < -0.39 is 0 Å². The van der Waals surface area contributed by atoms with E-state index in [1.807, 2.05) is 0 Å². The Morgan fingerprint density at radius 3 is 2.72 bits per heavy atom. The highest BCUT2D eigenvalue weighted by Gasteiger charge is 2.14. The molecule has 1 radical (unpaired) electrons. The molecule has 2 rings (SSSR count). The third kappa shape index (κ3) is 2.78. The topological polar surface area (TPSA) is 51.2 Å². The van der Waals surface area contributed by atoms with Crippen molar-refractivity contribution >= 4 is 23.2 Å². The summed E-state index contributed by atoms with van der Waals surface area (Å²) in [6.07, 6.45) is 0. The number of amides is 1. The Hall–Kier alpha value is -2.07. The Kier molecular flexibility index (Phi) is 3.79. The molecule has 1 N–H and O–H groups in total. The molecule has 1 heterocycles. The van der Waals surface area contributed by atoms with Gasteiger partial charge >= 0.3 is 0 Å². The van der Waals surface area contributed by atoms with Crippen molar-refractivity contribution in [2.45, 2.75) is 0 Å². The Bertz CT molecular complexity index is 558. The van der Waals surface area contributed by atoms with Crippen molar-refractivity contribution in [1.29, 1.82) is 0 Å². The molecule has 0 fully saturated rings. The normalized spacial score (nSPS) is 9.89. The number of ether oxygens (including phenoxy) is 1. The molecule has 0 atom stereocenters. The summed E-state index contributed by atoms with van der Waals surface area (Å²) in [5.74, 6) is -0.107. The van der Waals surface area contributed by atoms with Crippen molar-refractivity contribution < 1.29 is 9.53 Å². The summed E-state index contributed by atoms with van der Waals surface area (Å²) in [6, 6.07) is 12.9. The molecule has 2 aromatic rings. The van der Waals surface area contributed by atoms with Crippen molar-refractivity contribution in [2.24, 2.45) is 0 Å². The summed E-state index contributed by atoms with van der Waals surface area (Å²) >= 11 is 5.73. The predicted molar refractivity (Wildman–Crippen MR) is 69.0 cm³/mol. The van der Waals surface area contributed by atoms with Crippen LogP contribution >= 0.6 is 11.6 Å². The lowest BCUT2D eigenvalue weighted by molar-refractivity contribution is 0.102. The fourth-order valence-corrected chi connectivity index (χ4v) is 1.55. The number of hydrogen-bond acceptors (Lipinski definition) is 3. The lowest BCUT2D eigenvalue weighted by atomic mass is 10.2. The number of methoxy groups -OCH3 is 1. The minimum atomic E-state index is -0.304. The van der Waals surface area contributed by atoms with Gasteiger partial charge in [-0.2, -0.15) is 0 Å². The van der Waals surface area contributed by atoms with Crippen LogP contribution in [0.3, 0.4) is 0 Å². The third-order valence-electron chi connectivity index (χ3n) is 2.24. The van der Waals surface area contributed by atoms with Gasteiger partial charge in [-0.15, -0.1) is 0 Å². The van der Waals surface area contributed by atoms with Gasteiger partial charge in [0.15, 0.2) is 0 Å². The Morgan fingerprint density at radius 1 is 1.33 bits per heavy atom. The van der Waals surface area contributed by atoms with Crippen molar-refractivity contribution in [1.82, 2.24) is 4.98 Å². The van der Waals surface area contributed by atoms with Crippen molar-refractivity contribution in [2.75, 3.05) is 12.4 Å². The smallest absolute Gasteiger partial charge is 0.261 e. The number of hydrogen-bond donors (Lipinski definition) is 1. The van der Waals surface area contributed by atoms with E-state index in [4.69, 9.17) is 16.3 Å². The molecule has 4 nitrogen and oxygen atoms in total. The van der Waals surface area contributed by atoms with E-state index in [1.54, 1.807) is 30.3 Å². The van der Waals surface area contributed by atoms with Crippen molar-refractivity contribution in [3.8, 4) is 5.88 Å². The number of nitrogens with zero attached hydrogens (tertiary/aromatic N) is 1. The average molecular weight is 262 g/mol. The zero-order valence-electron chi connectivity index (χ0n) is 9.61. The van der Waals surface area contributed by atoms with Crippen LogP contribution in [0.15, 0.2) is 36.4 Å². The van der Waals surface area contributed by atoms with Gasteiger partial charge < -0.3 is 10.1 Å². The molecule has 1 aromatic heterocycles. The van der Waals surface area contributed by atoms with E-state index in [9.17, 15) is 4.79 Å². The number of benzene rings is 1. The van der Waals surface area contributed by atoms with Gasteiger partial charge in [0.2, 0.25) is 5.88 Å². The van der Waals surface area contributed by atoms with Crippen LogP contribution in [0.5, 0.6) is 5.88 Å². The molecule has 0 spiro atoms. The zero-order chi connectivity index (χ0) is 13.0. The minimum Gasteiger partial charge on any atom is -0.480 e. The number of carbonyl (C=O) groups is 1. The Labute approximate surface area is 110 Å². The quantitative estimate of drug-likeness (QED) is 0.865. The monoisotopic (exact) mass is 261 g/mol. The second-order valence-electron chi connectivity index (χ2n) is 3.43. The van der Waals surface area contributed by atoms with E-state index in [0.29, 0.717) is 11.3 Å². The first kappa shape index (κ1) is 12.4. The summed E-state index contributed by atoms with van der Waals surface area (Å²) < 4.78 is 5.02. The molecule has 1 amide bonds. The van der Waals surface area contributed by atoms with Gasteiger partial charge in [-0.05, 0) is 30.3 Å². The summed E-state index contributed by atoms with van der Waals surface area (Å²) in [6.45, 7) is 0. The first-order chi connectivity index (χ1) is 8.70. The third-order valence-corrected chi connectivity index (χ3v) is 2.45. The Morgan fingerprint density at radius 2 is 2.06 bits per heavy atom. The highest BCUT2D eigenvalue weighted by atomic mass is 35.5. The maximum Gasteiger partial charge on any atom is 0.261 e. The predicted octanol–water partition coefficient (Wildman–Crippen LogP) is 2.80. The van der Waals surface area contributed by atoms with Gasteiger partial charge in [0.25, 0.3) is 5.91 Å². The van der Waals surface area contributed by atoms with Crippen LogP contribution in [0, 0.1) is 6.07 Å². The standard InChI is InChI=1S/C13H10ClN2O2/c1-18-13-10(7-8-11(14)16-13)12(17)15-9-5-3-2-4-6-9/h3-8H,1H3,(H,15,17). The molecule has 0 aliphatic heterocycles. The fraction of sp³-hybridized carbons (Fsp3) is 0.0769. The summed E-state index contributed by atoms with van der Waals surface area (Å²) in [5, 5.41) is 3.01. The van der Waals surface area contributed by atoms with Crippen LogP contribution in [0.25, 0.3) is 0 Å². The lowest BCUT2D eigenvalue weighted by Crippen LogP contribution is -2.13. The SMILES string of the molecule is COc1nc(Cl)ccc1C(=O)Nc1cc[c]cc1. The van der Waals surface area contributed by atoms with E-state index in [1.165, 1.54) is 13.2 Å². The molecule has 0 saturated heterocycles. The van der Waals surface area contributed by atoms with E-state index in [0.717, 1.165) is 0 Å². The number of aromatic nitrogens is 1. The Balaban J connectivity index is 2.24. The molecule has 0 bridgehead atoms. The molecule has 18 heavy (non-hydrogen) atoms. The van der Waals surface area contributed by atoms with Gasteiger partial charge in [0.05, 0.1) is 7.11 Å². The van der Waals surface area contributed by atoms with E-state index in [-0.39, 0.29) is 16.9 Å². The van der Waals surface area contributed by atoms with Gasteiger partial charge in [0, 0.05) is 5.69 Å². The van der Waals surface area contributed by atoms with E-state index in [2.05, 4.69) is 16.4 Å². The molecular weight excluding hydrogens is 252 g/mol. The van der Waals surface area contributed by atoms with Gasteiger partial charge in [-0.3, -0.25) is 4.79 Å². The van der Waals surface area contributed by atoms with Crippen LogP contribution in [-0.2, 0) is 0 Å². The number of pyridine rings is 1. The number of anilines is 1. The first-order valence-corrected chi connectivity index (χ1v) is 5.56. The molecule has 5 heteroatoms. The maximum atomic E-state index is 12.0. The van der Waals surface area contributed by atoms with Crippen LogP contribution in [0.1, 0.15) is 10.4 Å². The van der Waals surface area contributed by atoms with Gasteiger partial charge in [-0.1, -0.05) is 23.7 Å². The van der Waals surface area contributed by atoms with Crippen LogP contribution in [0.4, 0.5) is 5.69 Å². The maximum absolute atomic E-state index is 12.0. The minimum absolute atomic E-state index is 0.197. The molecule has 0 saturated carbocycles. The fourth-order valence-electron chi connectivity index (χ4n) is 1.41. The summed E-state index contributed by atoms with van der Waals surface area (Å²) in [4.78, 5) is 16.0. The van der Waals surface area contributed by atoms with Crippen molar-refractivity contribution in [3.05, 3.63) is 53.2 Å². The first-order valence-electron chi connectivity index (χ1n) is 5.18. The van der Waals surface area contributed by atoms with Crippen LogP contribution < -0.4 is 10.1 Å². The largest absolute Gasteiger partial charge is 0.480 e. The van der Waals surface area contributed by atoms with Gasteiger partial charge in [-0.25, -0.2) is 4.98 Å². The van der Waals surface area contributed by atoms with Crippen LogP contribution in [-0.4, -0.2) is 18.0 Å². The number of halogens is 1. The molecule has 1 aromatic carbocycles. The highest BCUT2D eigenvalue weighted by Crippen LogP contribution is 2.19. The van der Waals surface area contributed by atoms with Gasteiger partial charge in [0.1, 0.15) is 10.7 Å². The average Bonchev–Trinajstić information content (AvgIpc) is 2.39. The summed E-state index contributed by atoms with van der Waals surface area (Å²) in [7, 11) is 1.44. The number of nitrogens with one attached hydrogen (secondary N) is 1. The van der Waals surface area contributed by atoms with Crippen LogP contribution in [0.2, 0.25) is 5.15 Å². The van der Waals surface area contributed by atoms with Crippen molar-refractivity contribution in [3.63, 3.8) is 0 Å². The van der Waals surface area contributed by atoms with E-state index >= 15 is 0 Å². The number of rotatable bonds is 3. The molecular formula is C13H10ClN2O2. The highest BCUT2D eigenvalue weighted by molar-refractivity contribution is 6.29.